The second-order valence-corrected chi connectivity index (χ2v) is 5.74. The molecule has 0 aromatic heterocycles. The average molecular weight is 246 g/mol. The Hall–Kier alpha value is 0.230. The van der Waals surface area contributed by atoms with E-state index in [4.69, 9.17) is 14.2 Å². The predicted molar refractivity (Wildman–Crippen MR) is 66.0 cm³/mol. The first kappa shape index (κ1) is 12.7. The van der Waals surface area contributed by atoms with Crippen molar-refractivity contribution in [3.8, 4) is 0 Å². The van der Waals surface area contributed by atoms with Crippen molar-refractivity contribution in [1.29, 1.82) is 0 Å². The van der Waals surface area contributed by atoms with Crippen molar-refractivity contribution >= 4 is 11.8 Å². The summed E-state index contributed by atoms with van der Waals surface area (Å²) in [5.74, 6) is 2.93. The van der Waals surface area contributed by atoms with Gasteiger partial charge < -0.3 is 14.2 Å². The summed E-state index contributed by atoms with van der Waals surface area (Å²) in [5, 5.41) is 0. The van der Waals surface area contributed by atoms with E-state index in [1.54, 1.807) is 7.11 Å². The Morgan fingerprint density at radius 1 is 1.19 bits per heavy atom. The van der Waals surface area contributed by atoms with Crippen LogP contribution in [0.4, 0.5) is 0 Å². The van der Waals surface area contributed by atoms with Crippen LogP contribution in [0.2, 0.25) is 0 Å². The number of hydrogen-bond acceptors (Lipinski definition) is 4. The molecule has 0 radical (unpaired) electrons. The minimum atomic E-state index is 0.330. The van der Waals surface area contributed by atoms with Gasteiger partial charge in [-0.2, -0.15) is 11.8 Å². The third-order valence-electron chi connectivity index (χ3n) is 3.72. The minimum Gasteiger partial charge on any atom is -0.381 e. The first-order chi connectivity index (χ1) is 7.85. The Kier molecular flexibility index (Phi) is 4.95. The van der Waals surface area contributed by atoms with Gasteiger partial charge in [-0.1, -0.05) is 0 Å². The Bertz CT molecular complexity index is 212. The van der Waals surface area contributed by atoms with Gasteiger partial charge in [-0.05, 0) is 18.6 Å². The van der Waals surface area contributed by atoms with Gasteiger partial charge in [-0.3, -0.25) is 0 Å². The van der Waals surface area contributed by atoms with Crippen LogP contribution in [0.1, 0.15) is 19.3 Å². The highest BCUT2D eigenvalue weighted by atomic mass is 32.2. The molecule has 0 bridgehead atoms. The summed E-state index contributed by atoms with van der Waals surface area (Å²) in [7, 11) is 3.63. The zero-order valence-corrected chi connectivity index (χ0v) is 11.0. The highest BCUT2D eigenvalue weighted by Crippen LogP contribution is 2.33. The molecule has 4 heteroatoms. The smallest absolute Gasteiger partial charge is 0.0660 e. The van der Waals surface area contributed by atoms with Gasteiger partial charge in [-0.15, -0.1) is 0 Å². The Morgan fingerprint density at radius 2 is 2.06 bits per heavy atom. The molecule has 2 fully saturated rings. The molecule has 0 aliphatic carbocycles. The molecule has 0 saturated carbocycles. The Balaban J connectivity index is 1.93. The fourth-order valence-electron chi connectivity index (χ4n) is 2.69. The average Bonchev–Trinajstić information content (AvgIpc) is 2.38. The largest absolute Gasteiger partial charge is 0.381 e. The van der Waals surface area contributed by atoms with Crippen molar-refractivity contribution in [1.82, 2.24) is 0 Å². The monoisotopic (exact) mass is 246 g/mol. The molecule has 4 atom stereocenters. The van der Waals surface area contributed by atoms with Gasteiger partial charge >= 0.3 is 0 Å². The summed E-state index contributed by atoms with van der Waals surface area (Å²) in [6.07, 6.45) is 4.30. The van der Waals surface area contributed by atoms with Crippen molar-refractivity contribution in [3.63, 3.8) is 0 Å². The fraction of sp³-hybridized carbons (Fsp3) is 1.00. The summed E-state index contributed by atoms with van der Waals surface area (Å²) < 4.78 is 17.0. The van der Waals surface area contributed by atoms with Crippen molar-refractivity contribution in [2.24, 2.45) is 5.92 Å². The van der Waals surface area contributed by atoms with Crippen LogP contribution in [0.15, 0.2) is 0 Å². The van der Waals surface area contributed by atoms with Gasteiger partial charge in [0.15, 0.2) is 0 Å². The van der Waals surface area contributed by atoms with Crippen LogP contribution in [0.25, 0.3) is 0 Å². The standard InChI is InChI=1S/C12H22O3S/c1-13-9-3-5-15-12(7-9)10-8-16-6-4-11(10)14-2/h9-12H,3-8H2,1-2H3. The van der Waals surface area contributed by atoms with Gasteiger partial charge in [0.25, 0.3) is 0 Å². The fourth-order valence-corrected chi connectivity index (χ4v) is 3.96. The van der Waals surface area contributed by atoms with Crippen LogP contribution < -0.4 is 0 Å². The Labute approximate surface area is 102 Å². The third-order valence-corrected chi connectivity index (χ3v) is 4.86. The van der Waals surface area contributed by atoms with E-state index in [0.717, 1.165) is 25.9 Å². The highest BCUT2D eigenvalue weighted by molar-refractivity contribution is 7.99. The number of methoxy groups -OCH3 is 2. The molecule has 94 valence electrons. The van der Waals surface area contributed by atoms with Crippen molar-refractivity contribution in [3.05, 3.63) is 0 Å². The van der Waals surface area contributed by atoms with Gasteiger partial charge in [0, 0.05) is 38.9 Å². The first-order valence-electron chi connectivity index (χ1n) is 6.10. The zero-order valence-electron chi connectivity index (χ0n) is 10.2. The summed E-state index contributed by atoms with van der Waals surface area (Å²) in [6, 6.07) is 0. The van der Waals surface area contributed by atoms with Gasteiger partial charge in [0.05, 0.1) is 18.3 Å². The predicted octanol–water partition coefficient (Wildman–Crippen LogP) is 1.95. The lowest BCUT2D eigenvalue weighted by Gasteiger charge is -2.39. The Morgan fingerprint density at radius 3 is 2.81 bits per heavy atom. The lowest BCUT2D eigenvalue weighted by atomic mass is 9.89. The van der Waals surface area contributed by atoms with Crippen molar-refractivity contribution < 1.29 is 14.2 Å². The lowest BCUT2D eigenvalue weighted by Crippen LogP contribution is -2.44. The molecule has 2 aliphatic rings. The summed E-state index contributed by atoms with van der Waals surface area (Å²) in [4.78, 5) is 0. The SMILES string of the molecule is COC1CCOC(C2CSCCC2OC)C1. The maximum absolute atomic E-state index is 5.91. The van der Waals surface area contributed by atoms with E-state index >= 15 is 0 Å². The van der Waals surface area contributed by atoms with E-state index in [2.05, 4.69) is 0 Å². The number of hydrogen-bond donors (Lipinski definition) is 0. The first-order valence-corrected chi connectivity index (χ1v) is 7.25. The quantitative estimate of drug-likeness (QED) is 0.761. The molecule has 16 heavy (non-hydrogen) atoms. The van der Waals surface area contributed by atoms with Crippen LogP contribution in [0.5, 0.6) is 0 Å². The summed E-state index contributed by atoms with van der Waals surface area (Å²) in [6.45, 7) is 0.834. The van der Waals surface area contributed by atoms with Crippen LogP contribution in [0, 0.1) is 5.92 Å². The van der Waals surface area contributed by atoms with E-state index in [0.29, 0.717) is 24.2 Å². The van der Waals surface area contributed by atoms with E-state index in [1.165, 1.54) is 11.5 Å². The van der Waals surface area contributed by atoms with Crippen LogP contribution >= 0.6 is 11.8 Å². The van der Waals surface area contributed by atoms with Crippen LogP contribution in [-0.2, 0) is 14.2 Å². The van der Waals surface area contributed by atoms with E-state index < -0.39 is 0 Å². The van der Waals surface area contributed by atoms with E-state index in [9.17, 15) is 0 Å². The molecule has 2 aliphatic heterocycles. The number of rotatable bonds is 3. The molecule has 0 amide bonds. The lowest BCUT2D eigenvalue weighted by molar-refractivity contribution is -0.104. The maximum atomic E-state index is 5.91. The topological polar surface area (TPSA) is 27.7 Å². The number of ether oxygens (including phenoxy) is 3. The second-order valence-electron chi connectivity index (χ2n) is 4.59. The molecule has 2 heterocycles. The van der Waals surface area contributed by atoms with Crippen LogP contribution in [-0.4, -0.2) is 50.6 Å². The molecule has 0 aromatic carbocycles. The molecule has 4 unspecified atom stereocenters. The molecule has 0 spiro atoms. The minimum absolute atomic E-state index is 0.330. The molecule has 2 rings (SSSR count). The molecular formula is C12H22O3S. The summed E-state index contributed by atoms with van der Waals surface area (Å²) >= 11 is 2.02. The zero-order chi connectivity index (χ0) is 11.4. The maximum Gasteiger partial charge on any atom is 0.0660 e. The molecule has 0 aromatic rings. The molecule has 2 saturated heterocycles. The summed E-state index contributed by atoms with van der Waals surface area (Å²) in [5.41, 5.74) is 0. The van der Waals surface area contributed by atoms with Crippen molar-refractivity contribution in [2.45, 2.75) is 37.6 Å². The second kappa shape index (κ2) is 6.24. The normalized spacial score (nSPS) is 40.9. The van der Waals surface area contributed by atoms with E-state index in [1.807, 2.05) is 18.9 Å². The van der Waals surface area contributed by atoms with E-state index in [-0.39, 0.29) is 0 Å². The van der Waals surface area contributed by atoms with Gasteiger partial charge in [0.1, 0.15) is 0 Å². The van der Waals surface area contributed by atoms with Crippen molar-refractivity contribution in [2.75, 3.05) is 32.3 Å². The van der Waals surface area contributed by atoms with Gasteiger partial charge in [0.2, 0.25) is 0 Å². The van der Waals surface area contributed by atoms with Crippen LogP contribution in [0.3, 0.4) is 0 Å². The molecular weight excluding hydrogens is 224 g/mol. The highest BCUT2D eigenvalue weighted by Gasteiger charge is 2.36. The molecule has 0 N–H and O–H groups in total. The third kappa shape index (κ3) is 2.92. The molecule has 3 nitrogen and oxygen atoms in total. The van der Waals surface area contributed by atoms with Gasteiger partial charge in [-0.25, -0.2) is 0 Å². The number of thioether (sulfide) groups is 1.